The van der Waals surface area contributed by atoms with Crippen LogP contribution in [0, 0.1) is 5.92 Å². The van der Waals surface area contributed by atoms with Gasteiger partial charge in [0, 0.05) is 12.1 Å². The summed E-state index contributed by atoms with van der Waals surface area (Å²) in [4.78, 5) is 48.2. The van der Waals surface area contributed by atoms with Gasteiger partial charge in [0.15, 0.2) is 5.92 Å². The lowest BCUT2D eigenvalue weighted by Gasteiger charge is -2.18. The molecule has 7 nitrogen and oxygen atoms in total. The van der Waals surface area contributed by atoms with Gasteiger partial charge in [-0.3, -0.25) is 19.2 Å². The molecule has 0 spiro atoms. The lowest BCUT2D eigenvalue weighted by atomic mass is 10.0. The number of imide groups is 1. The van der Waals surface area contributed by atoms with Gasteiger partial charge in [-0.15, -0.1) is 0 Å². The average molecular weight is 326 g/mol. The Morgan fingerprint density at radius 1 is 1.14 bits per heavy atom. The number of hydrogen-bond donors (Lipinski definition) is 0. The molecule has 1 fully saturated rings. The summed E-state index contributed by atoms with van der Waals surface area (Å²) in [6.45, 7) is 1.08. The van der Waals surface area contributed by atoms with Crippen LogP contribution < -0.4 is 14.4 Å². The van der Waals surface area contributed by atoms with Gasteiger partial charge >= 0.3 is 5.91 Å². The zero-order valence-electron chi connectivity index (χ0n) is 12.0. The fraction of sp³-hybridized carbons (Fsp3) is 0.286. The Kier molecular flexibility index (Phi) is 4.18. The minimum absolute atomic E-state index is 0.00384. The van der Waals surface area contributed by atoms with Crippen molar-refractivity contribution in [2.24, 2.45) is 5.92 Å². The van der Waals surface area contributed by atoms with Crippen molar-refractivity contribution >= 4 is 40.7 Å². The van der Waals surface area contributed by atoms with E-state index >= 15 is 0 Å². The maximum absolute atomic E-state index is 12.3. The van der Waals surface area contributed by atoms with Crippen LogP contribution in [0.4, 0.5) is 5.69 Å². The van der Waals surface area contributed by atoms with E-state index in [0.29, 0.717) is 4.90 Å². The third kappa shape index (κ3) is 2.33. The van der Waals surface area contributed by atoms with Gasteiger partial charge in [0.2, 0.25) is 5.78 Å². The summed E-state index contributed by atoms with van der Waals surface area (Å²) in [7, 11) is 2.67. The first-order valence-electron chi connectivity index (χ1n) is 6.17. The molecule has 0 radical (unpaired) electrons. The van der Waals surface area contributed by atoms with Crippen LogP contribution in [0.25, 0.3) is 0 Å². The predicted molar refractivity (Wildman–Crippen MR) is 76.2 cm³/mol. The first-order chi connectivity index (χ1) is 10.3. The molecule has 1 heterocycles. The van der Waals surface area contributed by atoms with Crippen molar-refractivity contribution in [3.63, 3.8) is 0 Å². The van der Waals surface area contributed by atoms with E-state index in [2.05, 4.69) is 0 Å². The minimum Gasteiger partial charge on any atom is -0.495 e. The molecular weight excluding hydrogens is 314 g/mol. The van der Waals surface area contributed by atoms with Gasteiger partial charge < -0.3 is 9.47 Å². The summed E-state index contributed by atoms with van der Waals surface area (Å²) in [5.41, 5.74) is -0.00384. The van der Waals surface area contributed by atoms with Crippen LogP contribution in [0.1, 0.15) is 6.92 Å². The second-order valence-electron chi connectivity index (χ2n) is 4.55. The maximum Gasteiger partial charge on any atom is 0.302 e. The van der Waals surface area contributed by atoms with E-state index in [0.717, 1.165) is 6.92 Å². The molecule has 0 aromatic heterocycles. The van der Waals surface area contributed by atoms with E-state index in [1.165, 1.54) is 26.4 Å². The highest BCUT2D eigenvalue weighted by atomic mass is 35.5. The average Bonchev–Trinajstić information content (AvgIpc) is 2.69. The summed E-state index contributed by atoms with van der Waals surface area (Å²) < 4.78 is 10.1. The van der Waals surface area contributed by atoms with Crippen molar-refractivity contribution in [3.05, 3.63) is 17.2 Å². The molecule has 1 atom stereocenters. The third-order valence-electron chi connectivity index (χ3n) is 3.24. The molecule has 0 bridgehead atoms. The first-order valence-corrected chi connectivity index (χ1v) is 6.55. The highest BCUT2D eigenvalue weighted by Gasteiger charge is 2.50. The Bertz CT molecular complexity index is 699. The quantitative estimate of drug-likeness (QED) is 0.466. The maximum atomic E-state index is 12.3. The fourth-order valence-corrected chi connectivity index (χ4v) is 2.41. The van der Waals surface area contributed by atoms with Gasteiger partial charge in [-0.1, -0.05) is 11.6 Å². The number of rotatable bonds is 4. The van der Waals surface area contributed by atoms with Crippen molar-refractivity contribution in [1.29, 1.82) is 0 Å². The molecule has 2 rings (SSSR count). The second-order valence-corrected chi connectivity index (χ2v) is 4.95. The zero-order chi connectivity index (χ0) is 16.6. The largest absolute Gasteiger partial charge is 0.495 e. The van der Waals surface area contributed by atoms with E-state index in [1.54, 1.807) is 0 Å². The Balaban J connectivity index is 2.61. The van der Waals surface area contributed by atoms with Crippen molar-refractivity contribution in [2.45, 2.75) is 6.92 Å². The van der Waals surface area contributed by atoms with Crippen LogP contribution in [0.5, 0.6) is 11.5 Å². The van der Waals surface area contributed by atoms with Crippen LogP contribution in [-0.2, 0) is 19.2 Å². The lowest BCUT2D eigenvalue weighted by Crippen LogP contribution is -2.32. The third-order valence-corrected chi connectivity index (χ3v) is 3.54. The van der Waals surface area contributed by atoms with Gasteiger partial charge in [-0.25, -0.2) is 4.90 Å². The zero-order valence-corrected chi connectivity index (χ0v) is 12.8. The SMILES string of the molecule is COc1cc(N2C(=O)C(=O)[C@H](C(C)=O)C2=O)c(OC)cc1Cl. The molecule has 0 unspecified atom stereocenters. The van der Waals surface area contributed by atoms with Crippen molar-refractivity contribution in [3.8, 4) is 11.5 Å². The van der Waals surface area contributed by atoms with Gasteiger partial charge in [-0.05, 0) is 6.92 Å². The number of nitrogens with zero attached hydrogens (tertiary/aromatic N) is 1. The van der Waals surface area contributed by atoms with E-state index in [1.807, 2.05) is 0 Å². The first kappa shape index (κ1) is 16.0. The highest BCUT2D eigenvalue weighted by Crippen LogP contribution is 2.40. The Morgan fingerprint density at radius 2 is 1.73 bits per heavy atom. The lowest BCUT2D eigenvalue weighted by molar-refractivity contribution is -0.139. The van der Waals surface area contributed by atoms with Crippen LogP contribution in [0.15, 0.2) is 12.1 Å². The topological polar surface area (TPSA) is 90.0 Å². The second kappa shape index (κ2) is 5.76. The van der Waals surface area contributed by atoms with E-state index in [-0.39, 0.29) is 22.2 Å². The number of ketones is 2. The van der Waals surface area contributed by atoms with Crippen LogP contribution >= 0.6 is 11.6 Å². The number of amides is 2. The summed E-state index contributed by atoms with van der Waals surface area (Å²) in [6.07, 6.45) is 0. The van der Waals surface area contributed by atoms with Gasteiger partial charge in [-0.2, -0.15) is 0 Å². The van der Waals surface area contributed by atoms with Gasteiger partial charge in [0.25, 0.3) is 5.91 Å². The number of carbonyl (C=O) groups is 4. The molecular formula is C14H12ClNO6. The fourth-order valence-electron chi connectivity index (χ4n) is 2.18. The predicted octanol–water partition coefficient (Wildman–Crippen LogP) is 1.00. The summed E-state index contributed by atoms with van der Waals surface area (Å²) in [6, 6.07) is 2.65. The van der Waals surface area contributed by atoms with Gasteiger partial charge in [0.05, 0.1) is 24.9 Å². The molecule has 0 saturated carbocycles. The molecule has 0 N–H and O–H groups in total. The Labute approximate surface area is 130 Å². The van der Waals surface area contributed by atoms with E-state index in [4.69, 9.17) is 21.1 Å². The Morgan fingerprint density at radius 3 is 2.18 bits per heavy atom. The molecule has 1 aliphatic heterocycles. The summed E-state index contributed by atoms with van der Waals surface area (Å²) in [5, 5.41) is 0.205. The molecule has 116 valence electrons. The van der Waals surface area contributed by atoms with Gasteiger partial charge in [0.1, 0.15) is 17.3 Å². The van der Waals surface area contributed by atoms with Crippen molar-refractivity contribution in [1.82, 2.24) is 0 Å². The number of anilines is 1. The molecule has 1 aliphatic rings. The number of Topliss-reactive ketones (excluding diaryl/α,β-unsaturated/α-hetero) is 2. The number of ether oxygens (including phenoxy) is 2. The normalized spacial score (nSPS) is 17.9. The molecule has 0 aliphatic carbocycles. The molecule has 1 aromatic carbocycles. The number of methoxy groups -OCH3 is 2. The summed E-state index contributed by atoms with van der Waals surface area (Å²) in [5.74, 6) is -5.07. The molecule has 22 heavy (non-hydrogen) atoms. The molecule has 2 amide bonds. The minimum atomic E-state index is -1.61. The molecule has 1 saturated heterocycles. The van der Waals surface area contributed by atoms with Crippen molar-refractivity contribution in [2.75, 3.05) is 19.1 Å². The van der Waals surface area contributed by atoms with Crippen LogP contribution in [-0.4, -0.2) is 37.6 Å². The number of hydrogen-bond acceptors (Lipinski definition) is 6. The van der Waals surface area contributed by atoms with Crippen LogP contribution in [0.2, 0.25) is 5.02 Å². The Hall–Kier alpha value is -2.41. The number of carbonyl (C=O) groups excluding carboxylic acids is 4. The standard InChI is InChI=1S/C14H12ClNO6/c1-6(17)11-12(18)14(20)16(13(11)19)8-5-9(21-2)7(15)4-10(8)22-3/h4-5,11H,1-3H3/t11-/m0/s1. The van der Waals surface area contributed by atoms with E-state index in [9.17, 15) is 19.2 Å². The van der Waals surface area contributed by atoms with Crippen molar-refractivity contribution < 1.29 is 28.7 Å². The highest BCUT2D eigenvalue weighted by molar-refractivity contribution is 6.59. The van der Waals surface area contributed by atoms with E-state index < -0.39 is 29.3 Å². The smallest absolute Gasteiger partial charge is 0.302 e. The molecule has 8 heteroatoms. The number of benzene rings is 1. The monoisotopic (exact) mass is 325 g/mol. The number of halogens is 1. The molecule has 1 aromatic rings. The summed E-state index contributed by atoms with van der Waals surface area (Å²) >= 11 is 5.95. The van der Waals surface area contributed by atoms with Crippen LogP contribution in [0.3, 0.4) is 0 Å².